The molecule has 0 saturated carbocycles. The summed E-state index contributed by atoms with van der Waals surface area (Å²) in [7, 11) is 0. The number of hydrogen-bond acceptors (Lipinski definition) is 9. The topological polar surface area (TPSA) is 116 Å². The summed E-state index contributed by atoms with van der Waals surface area (Å²) in [4.78, 5) is 14.6. The van der Waals surface area contributed by atoms with Crippen molar-refractivity contribution in [3.8, 4) is 17.1 Å². The predicted molar refractivity (Wildman–Crippen MR) is 104 cm³/mol. The predicted octanol–water partition coefficient (Wildman–Crippen LogP) is 4.00. The number of furan rings is 1. The van der Waals surface area contributed by atoms with Crippen LogP contribution < -0.4 is 10.1 Å². The first-order valence-electron chi connectivity index (χ1n) is 8.46. The summed E-state index contributed by atoms with van der Waals surface area (Å²) in [5.74, 6) is 1.21. The minimum absolute atomic E-state index is 0.316. The van der Waals surface area contributed by atoms with Crippen LogP contribution in [0.2, 0.25) is 0 Å². The Morgan fingerprint density at radius 1 is 1.29 bits per heavy atom. The van der Waals surface area contributed by atoms with Crippen LogP contribution in [0.5, 0.6) is 5.88 Å². The van der Waals surface area contributed by atoms with Gasteiger partial charge in [0.05, 0.1) is 6.07 Å². The summed E-state index contributed by atoms with van der Waals surface area (Å²) >= 11 is 1.47. The monoisotopic (exact) mass is 397 g/mol. The molecule has 1 aliphatic heterocycles. The van der Waals surface area contributed by atoms with Gasteiger partial charge in [-0.2, -0.15) is 4.98 Å². The maximum atomic E-state index is 10.8. The summed E-state index contributed by atoms with van der Waals surface area (Å²) in [6.07, 6.45) is 2.72. The van der Waals surface area contributed by atoms with Crippen molar-refractivity contribution in [2.24, 2.45) is 0 Å². The number of hydrogen-bond donors (Lipinski definition) is 1. The molecule has 0 spiro atoms. The van der Waals surface area contributed by atoms with Gasteiger partial charge in [0.2, 0.25) is 11.0 Å². The van der Waals surface area contributed by atoms with Crippen LogP contribution in [0.1, 0.15) is 12.7 Å². The van der Waals surface area contributed by atoms with Gasteiger partial charge < -0.3 is 14.5 Å². The minimum atomic E-state index is -0.584. The molecule has 1 aliphatic rings. The Balaban J connectivity index is 1.67. The Kier molecular flexibility index (Phi) is 4.94. The molecule has 0 saturated heterocycles. The smallest absolute Gasteiger partial charge is 0.433 e. The first-order chi connectivity index (χ1) is 13.6. The number of nitrogens with one attached hydrogen (secondary N) is 1. The van der Waals surface area contributed by atoms with Crippen LogP contribution in [0, 0.1) is 10.1 Å². The standard InChI is InChI=1S/C18H15N5O4S/c1-2-28-18-20-17-16(21-22-18)12-5-3-4-6-13(12)19-14(27-17)9-7-11-8-10-15(26-11)23(24)25/h3-10,14,19H,2H2,1H3/b9-7-/t14-/m0/s1. The van der Waals surface area contributed by atoms with Crippen LogP contribution in [-0.2, 0) is 0 Å². The van der Waals surface area contributed by atoms with Crippen LogP contribution >= 0.6 is 11.8 Å². The lowest BCUT2D eigenvalue weighted by atomic mass is 10.1. The van der Waals surface area contributed by atoms with Gasteiger partial charge in [-0.15, -0.1) is 10.2 Å². The number of para-hydroxylation sites is 1. The Morgan fingerprint density at radius 3 is 2.93 bits per heavy atom. The molecule has 3 aromatic rings. The van der Waals surface area contributed by atoms with Gasteiger partial charge in [0.25, 0.3) is 0 Å². The largest absolute Gasteiger partial charge is 0.448 e. The fourth-order valence-electron chi connectivity index (χ4n) is 2.66. The molecule has 142 valence electrons. The van der Waals surface area contributed by atoms with Gasteiger partial charge >= 0.3 is 5.88 Å². The molecule has 1 aromatic carbocycles. The summed E-state index contributed by atoms with van der Waals surface area (Å²) in [6, 6.07) is 10.4. The number of nitro groups is 1. The van der Waals surface area contributed by atoms with Crippen LogP contribution in [-0.4, -0.2) is 32.1 Å². The second-order valence-corrected chi connectivity index (χ2v) is 6.93. The van der Waals surface area contributed by atoms with E-state index in [1.165, 1.54) is 23.9 Å². The molecule has 2 aromatic heterocycles. The van der Waals surface area contributed by atoms with Crippen LogP contribution in [0.25, 0.3) is 17.3 Å². The van der Waals surface area contributed by atoms with Gasteiger partial charge in [0.15, 0.2) is 11.9 Å². The second kappa shape index (κ2) is 7.69. The molecule has 0 aliphatic carbocycles. The third kappa shape index (κ3) is 3.67. The van der Waals surface area contributed by atoms with Gasteiger partial charge in [-0.05, 0) is 30.0 Å². The highest BCUT2D eigenvalue weighted by Gasteiger charge is 2.23. The normalized spacial score (nSPS) is 15.2. The van der Waals surface area contributed by atoms with Crippen LogP contribution in [0.15, 0.2) is 52.0 Å². The van der Waals surface area contributed by atoms with E-state index in [1.54, 1.807) is 12.2 Å². The third-order valence-corrected chi connectivity index (χ3v) is 4.57. The van der Waals surface area contributed by atoms with Crippen molar-refractivity contribution in [3.63, 3.8) is 0 Å². The molecule has 0 amide bonds. The van der Waals surface area contributed by atoms with Crippen molar-refractivity contribution in [2.45, 2.75) is 18.3 Å². The fraction of sp³-hybridized carbons (Fsp3) is 0.167. The molecule has 10 heteroatoms. The van der Waals surface area contributed by atoms with E-state index in [0.29, 0.717) is 22.5 Å². The zero-order valence-corrected chi connectivity index (χ0v) is 15.5. The molecule has 1 N–H and O–H groups in total. The van der Waals surface area contributed by atoms with Crippen LogP contribution in [0.3, 0.4) is 0 Å². The van der Waals surface area contributed by atoms with Crippen molar-refractivity contribution >= 4 is 29.4 Å². The number of aromatic nitrogens is 3. The Bertz CT molecular complexity index is 1050. The zero-order chi connectivity index (χ0) is 19.5. The summed E-state index contributed by atoms with van der Waals surface area (Å²) in [5.41, 5.74) is 2.19. The highest BCUT2D eigenvalue weighted by Crippen LogP contribution is 2.36. The van der Waals surface area contributed by atoms with E-state index >= 15 is 0 Å². The van der Waals surface area contributed by atoms with Crippen molar-refractivity contribution in [1.29, 1.82) is 0 Å². The summed E-state index contributed by atoms with van der Waals surface area (Å²) in [6.45, 7) is 2.01. The van der Waals surface area contributed by atoms with Crippen LogP contribution in [0.4, 0.5) is 11.6 Å². The third-order valence-electron chi connectivity index (χ3n) is 3.86. The van der Waals surface area contributed by atoms with Gasteiger partial charge in [-0.3, -0.25) is 10.1 Å². The molecule has 0 unspecified atom stereocenters. The number of ether oxygens (including phenoxy) is 1. The Hall–Kier alpha value is -3.40. The quantitative estimate of drug-likeness (QED) is 0.387. The molecule has 4 rings (SSSR count). The zero-order valence-electron chi connectivity index (χ0n) is 14.7. The Morgan fingerprint density at radius 2 is 2.14 bits per heavy atom. The van der Waals surface area contributed by atoms with E-state index < -0.39 is 11.2 Å². The lowest BCUT2D eigenvalue weighted by molar-refractivity contribution is -0.402. The molecular formula is C18H15N5O4S. The summed E-state index contributed by atoms with van der Waals surface area (Å²) in [5, 5.41) is 23.0. The minimum Gasteiger partial charge on any atom is -0.448 e. The molecule has 0 bridgehead atoms. The average Bonchev–Trinajstić information content (AvgIpc) is 3.11. The first-order valence-corrected chi connectivity index (χ1v) is 9.45. The molecular weight excluding hydrogens is 382 g/mol. The summed E-state index contributed by atoms with van der Waals surface area (Å²) < 4.78 is 11.1. The van der Waals surface area contributed by atoms with Gasteiger partial charge in [-0.25, -0.2) is 0 Å². The fourth-order valence-corrected chi connectivity index (χ4v) is 3.16. The van der Waals surface area contributed by atoms with Crippen molar-refractivity contribution in [1.82, 2.24) is 15.2 Å². The lowest BCUT2D eigenvalue weighted by Gasteiger charge is -2.15. The molecule has 1 atom stereocenters. The van der Waals surface area contributed by atoms with E-state index in [-0.39, 0.29) is 5.88 Å². The highest BCUT2D eigenvalue weighted by atomic mass is 32.2. The van der Waals surface area contributed by atoms with E-state index in [1.807, 2.05) is 31.2 Å². The highest BCUT2D eigenvalue weighted by molar-refractivity contribution is 7.99. The van der Waals surface area contributed by atoms with Gasteiger partial charge in [0, 0.05) is 11.3 Å². The number of thioether (sulfide) groups is 1. The van der Waals surface area contributed by atoms with E-state index in [0.717, 1.165) is 17.0 Å². The van der Waals surface area contributed by atoms with Crippen molar-refractivity contribution < 1.29 is 14.1 Å². The van der Waals surface area contributed by atoms with Gasteiger partial charge in [0.1, 0.15) is 10.7 Å². The second-order valence-electron chi connectivity index (χ2n) is 5.70. The number of nitrogens with zero attached hydrogens (tertiary/aromatic N) is 4. The van der Waals surface area contributed by atoms with E-state index in [4.69, 9.17) is 9.15 Å². The van der Waals surface area contributed by atoms with E-state index in [9.17, 15) is 10.1 Å². The first kappa shape index (κ1) is 18.0. The van der Waals surface area contributed by atoms with Crippen molar-refractivity contribution in [2.75, 3.05) is 11.1 Å². The Labute approximate surface area is 164 Å². The number of anilines is 1. The van der Waals surface area contributed by atoms with E-state index in [2.05, 4.69) is 20.5 Å². The molecule has 3 heterocycles. The maximum Gasteiger partial charge on any atom is 0.433 e. The lowest BCUT2D eigenvalue weighted by Crippen LogP contribution is -2.23. The molecule has 9 nitrogen and oxygen atoms in total. The molecule has 0 radical (unpaired) electrons. The molecule has 0 fully saturated rings. The number of fused-ring (bicyclic) bond motifs is 3. The van der Waals surface area contributed by atoms with Crippen molar-refractivity contribution in [3.05, 3.63) is 58.3 Å². The number of rotatable bonds is 5. The number of benzene rings is 1. The molecule has 28 heavy (non-hydrogen) atoms. The average molecular weight is 397 g/mol. The van der Waals surface area contributed by atoms with Gasteiger partial charge in [-0.1, -0.05) is 36.9 Å². The SMILES string of the molecule is CCSc1nnc2c(n1)O[C@@H](/C=C\c1ccc([N+](=O)[O-])o1)Nc1ccccc1-2. The maximum absolute atomic E-state index is 10.8.